The lowest BCUT2D eigenvalue weighted by molar-refractivity contribution is -0.132. The van der Waals surface area contributed by atoms with Gasteiger partial charge in [0.15, 0.2) is 0 Å². The van der Waals surface area contributed by atoms with E-state index in [-0.39, 0.29) is 12.4 Å². The molecule has 124 valence electrons. The first-order chi connectivity index (χ1) is 10.1. The third kappa shape index (κ3) is 5.29. The SMILES string of the molecule is CNCC1CCN(C(=O)CCc2ccc(C)cc2C)CC1.Cl. The molecule has 0 bridgehead atoms. The Morgan fingerprint density at radius 3 is 2.55 bits per heavy atom. The lowest BCUT2D eigenvalue weighted by Crippen LogP contribution is -2.40. The normalized spacial score (nSPS) is 15.5. The summed E-state index contributed by atoms with van der Waals surface area (Å²) in [5.41, 5.74) is 3.89. The van der Waals surface area contributed by atoms with Gasteiger partial charge in [-0.2, -0.15) is 0 Å². The van der Waals surface area contributed by atoms with Gasteiger partial charge in [-0.3, -0.25) is 4.79 Å². The maximum absolute atomic E-state index is 12.3. The third-order valence-corrected chi connectivity index (χ3v) is 4.57. The summed E-state index contributed by atoms with van der Waals surface area (Å²) in [6.07, 6.45) is 3.77. The Balaban J connectivity index is 0.00000242. The molecule has 0 spiro atoms. The maximum atomic E-state index is 12.3. The fraction of sp³-hybridized carbons (Fsp3) is 0.611. The molecule has 0 saturated carbocycles. The van der Waals surface area contributed by atoms with E-state index in [1.165, 1.54) is 16.7 Å². The second kappa shape index (κ2) is 9.16. The molecule has 1 aromatic carbocycles. The maximum Gasteiger partial charge on any atom is 0.222 e. The Morgan fingerprint density at radius 2 is 1.95 bits per heavy atom. The first-order valence-corrected chi connectivity index (χ1v) is 8.08. The summed E-state index contributed by atoms with van der Waals surface area (Å²) < 4.78 is 0. The van der Waals surface area contributed by atoms with Crippen LogP contribution in [0, 0.1) is 19.8 Å². The fourth-order valence-corrected chi connectivity index (χ4v) is 3.20. The van der Waals surface area contributed by atoms with E-state index in [1.807, 2.05) is 7.05 Å². The monoisotopic (exact) mass is 324 g/mol. The molecule has 1 heterocycles. The standard InChI is InChI=1S/C18H28N2O.ClH/c1-14-4-5-17(15(2)12-14)6-7-18(21)20-10-8-16(9-11-20)13-19-3;/h4-5,12,16,19H,6-11,13H2,1-3H3;1H. The zero-order valence-corrected chi connectivity index (χ0v) is 14.8. The van der Waals surface area contributed by atoms with E-state index < -0.39 is 0 Å². The van der Waals surface area contributed by atoms with E-state index in [1.54, 1.807) is 0 Å². The summed E-state index contributed by atoms with van der Waals surface area (Å²) in [7, 11) is 2.00. The molecule has 22 heavy (non-hydrogen) atoms. The van der Waals surface area contributed by atoms with E-state index >= 15 is 0 Å². The summed E-state index contributed by atoms with van der Waals surface area (Å²) >= 11 is 0. The van der Waals surface area contributed by atoms with Crippen LogP contribution in [0.4, 0.5) is 0 Å². The van der Waals surface area contributed by atoms with Gasteiger partial charge < -0.3 is 10.2 Å². The Kier molecular flexibility index (Phi) is 7.91. The van der Waals surface area contributed by atoms with Gasteiger partial charge in [-0.05, 0) is 63.7 Å². The average Bonchev–Trinajstić information content (AvgIpc) is 2.47. The van der Waals surface area contributed by atoms with Crippen LogP contribution in [-0.2, 0) is 11.2 Å². The summed E-state index contributed by atoms with van der Waals surface area (Å²) in [6.45, 7) is 7.17. The minimum Gasteiger partial charge on any atom is -0.343 e. The number of hydrogen-bond donors (Lipinski definition) is 1. The Hall–Kier alpha value is -1.06. The number of likely N-dealkylation sites (tertiary alicyclic amines) is 1. The first kappa shape index (κ1) is 19.0. The molecule has 1 saturated heterocycles. The highest BCUT2D eigenvalue weighted by atomic mass is 35.5. The van der Waals surface area contributed by atoms with Crippen molar-refractivity contribution >= 4 is 18.3 Å². The largest absolute Gasteiger partial charge is 0.343 e. The fourth-order valence-electron chi connectivity index (χ4n) is 3.20. The molecule has 1 amide bonds. The highest BCUT2D eigenvalue weighted by Crippen LogP contribution is 2.18. The number of aryl methyl sites for hydroxylation is 3. The first-order valence-electron chi connectivity index (χ1n) is 8.08. The molecule has 0 radical (unpaired) electrons. The molecule has 2 rings (SSSR count). The second-order valence-electron chi connectivity index (χ2n) is 6.31. The van der Waals surface area contributed by atoms with Crippen molar-refractivity contribution in [2.75, 3.05) is 26.7 Å². The number of carbonyl (C=O) groups excluding carboxylic acids is 1. The van der Waals surface area contributed by atoms with Crippen LogP contribution in [-0.4, -0.2) is 37.5 Å². The molecule has 1 fully saturated rings. The number of rotatable bonds is 5. The summed E-state index contributed by atoms with van der Waals surface area (Å²) in [4.78, 5) is 14.4. The molecule has 1 N–H and O–H groups in total. The van der Waals surface area contributed by atoms with Gasteiger partial charge in [0.2, 0.25) is 5.91 Å². The van der Waals surface area contributed by atoms with Crippen molar-refractivity contribution in [1.82, 2.24) is 10.2 Å². The molecule has 4 heteroatoms. The van der Waals surface area contributed by atoms with Gasteiger partial charge in [0.25, 0.3) is 0 Å². The van der Waals surface area contributed by atoms with Gasteiger partial charge in [0, 0.05) is 19.5 Å². The molecule has 0 atom stereocenters. The van der Waals surface area contributed by atoms with Crippen LogP contribution in [0.15, 0.2) is 18.2 Å². The highest BCUT2D eigenvalue weighted by Gasteiger charge is 2.22. The van der Waals surface area contributed by atoms with Gasteiger partial charge in [0.1, 0.15) is 0 Å². The van der Waals surface area contributed by atoms with Crippen LogP contribution in [0.5, 0.6) is 0 Å². The van der Waals surface area contributed by atoms with Crippen LogP contribution < -0.4 is 5.32 Å². The third-order valence-electron chi connectivity index (χ3n) is 4.57. The van der Waals surface area contributed by atoms with E-state index in [9.17, 15) is 4.79 Å². The molecular weight excluding hydrogens is 296 g/mol. The molecule has 0 aromatic heterocycles. The lowest BCUT2D eigenvalue weighted by atomic mass is 9.96. The Bertz CT molecular complexity index is 482. The van der Waals surface area contributed by atoms with Gasteiger partial charge in [-0.1, -0.05) is 23.8 Å². The molecule has 1 aliphatic rings. The molecule has 3 nitrogen and oxygen atoms in total. The zero-order chi connectivity index (χ0) is 15.2. The second-order valence-corrected chi connectivity index (χ2v) is 6.31. The number of carbonyl (C=O) groups is 1. The van der Waals surface area contributed by atoms with Crippen LogP contribution in [0.3, 0.4) is 0 Å². The van der Waals surface area contributed by atoms with Crippen LogP contribution in [0.2, 0.25) is 0 Å². The molecule has 1 aromatic rings. The quantitative estimate of drug-likeness (QED) is 0.902. The van der Waals surface area contributed by atoms with Gasteiger partial charge >= 0.3 is 0 Å². The van der Waals surface area contributed by atoms with Crippen LogP contribution in [0.25, 0.3) is 0 Å². The predicted molar refractivity (Wildman–Crippen MR) is 94.7 cm³/mol. The van der Waals surface area contributed by atoms with E-state index in [2.05, 4.69) is 42.3 Å². The Labute approximate surface area is 140 Å². The summed E-state index contributed by atoms with van der Waals surface area (Å²) in [5.74, 6) is 1.05. The van der Waals surface area contributed by atoms with Crippen molar-refractivity contribution in [2.45, 2.75) is 39.5 Å². The summed E-state index contributed by atoms with van der Waals surface area (Å²) in [6, 6.07) is 6.50. The van der Waals surface area contributed by atoms with Crippen molar-refractivity contribution < 1.29 is 4.79 Å². The molecule has 0 aliphatic carbocycles. The van der Waals surface area contributed by atoms with E-state index in [4.69, 9.17) is 0 Å². The van der Waals surface area contributed by atoms with Crippen molar-refractivity contribution in [3.05, 3.63) is 34.9 Å². The minimum absolute atomic E-state index is 0. The number of piperidine rings is 1. The van der Waals surface area contributed by atoms with Crippen molar-refractivity contribution in [3.63, 3.8) is 0 Å². The number of benzene rings is 1. The molecule has 1 aliphatic heterocycles. The van der Waals surface area contributed by atoms with Gasteiger partial charge in [-0.25, -0.2) is 0 Å². The van der Waals surface area contributed by atoms with Crippen molar-refractivity contribution in [2.24, 2.45) is 5.92 Å². The highest BCUT2D eigenvalue weighted by molar-refractivity contribution is 5.85. The van der Waals surface area contributed by atoms with E-state index in [0.717, 1.165) is 44.8 Å². The van der Waals surface area contributed by atoms with Crippen molar-refractivity contribution in [1.29, 1.82) is 0 Å². The number of amides is 1. The molecular formula is C18H29ClN2O. The van der Waals surface area contributed by atoms with Crippen LogP contribution in [0.1, 0.15) is 36.0 Å². The predicted octanol–water partition coefficient (Wildman–Crippen LogP) is 3.12. The smallest absolute Gasteiger partial charge is 0.222 e. The summed E-state index contributed by atoms with van der Waals surface area (Å²) in [5, 5.41) is 3.24. The lowest BCUT2D eigenvalue weighted by Gasteiger charge is -2.32. The van der Waals surface area contributed by atoms with Gasteiger partial charge in [-0.15, -0.1) is 12.4 Å². The number of hydrogen-bond acceptors (Lipinski definition) is 2. The number of nitrogens with zero attached hydrogens (tertiary/aromatic N) is 1. The topological polar surface area (TPSA) is 32.3 Å². The van der Waals surface area contributed by atoms with Crippen molar-refractivity contribution in [3.8, 4) is 0 Å². The molecule has 0 unspecified atom stereocenters. The Morgan fingerprint density at radius 1 is 1.27 bits per heavy atom. The number of halogens is 1. The van der Waals surface area contributed by atoms with Crippen LogP contribution >= 0.6 is 12.4 Å². The minimum atomic E-state index is 0. The van der Waals surface area contributed by atoms with E-state index in [0.29, 0.717) is 12.3 Å². The van der Waals surface area contributed by atoms with Gasteiger partial charge in [0.05, 0.1) is 0 Å². The number of nitrogens with one attached hydrogen (secondary N) is 1. The zero-order valence-electron chi connectivity index (χ0n) is 14.0. The average molecular weight is 325 g/mol.